The van der Waals surface area contributed by atoms with Crippen molar-refractivity contribution in [3.63, 3.8) is 0 Å². The largest absolute Gasteiger partial charge is 0.368 e. The van der Waals surface area contributed by atoms with E-state index in [1.807, 2.05) is 18.2 Å². The van der Waals surface area contributed by atoms with Gasteiger partial charge in [0.1, 0.15) is 6.10 Å². The number of pyridine rings is 1. The maximum absolute atomic E-state index is 10.6. The molecule has 0 saturated heterocycles. The van der Waals surface area contributed by atoms with Crippen LogP contribution in [0.1, 0.15) is 12.6 Å². The normalized spacial score (nSPS) is 12.4. The Hall–Kier alpha value is -1.42. The van der Waals surface area contributed by atoms with Gasteiger partial charge in [-0.3, -0.25) is 9.78 Å². The number of nitrogens with zero attached hydrogens (tertiary/aromatic N) is 1. The lowest BCUT2D eigenvalue weighted by molar-refractivity contribution is -0.128. The van der Waals surface area contributed by atoms with Gasteiger partial charge >= 0.3 is 0 Å². The van der Waals surface area contributed by atoms with Gasteiger partial charge in [-0.25, -0.2) is 0 Å². The van der Waals surface area contributed by atoms with Crippen LogP contribution in [0.2, 0.25) is 0 Å². The predicted molar refractivity (Wildman–Crippen MR) is 52.5 cm³/mol. The molecule has 1 amide bonds. The van der Waals surface area contributed by atoms with Crippen molar-refractivity contribution in [2.75, 3.05) is 6.61 Å². The summed E-state index contributed by atoms with van der Waals surface area (Å²) in [4.78, 5) is 14.7. The Morgan fingerprint density at radius 1 is 1.64 bits per heavy atom. The Kier molecular flexibility index (Phi) is 4.07. The molecule has 4 nitrogen and oxygen atoms in total. The molecule has 0 saturated carbocycles. The molecule has 4 heteroatoms. The van der Waals surface area contributed by atoms with E-state index in [9.17, 15) is 4.79 Å². The van der Waals surface area contributed by atoms with Crippen LogP contribution in [0.5, 0.6) is 0 Å². The number of carbonyl (C=O) groups excluding carboxylic acids is 1. The highest BCUT2D eigenvalue weighted by molar-refractivity contribution is 5.78. The minimum Gasteiger partial charge on any atom is -0.368 e. The molecule has 2 N–H and O–H groups in total. The van der Waals surface area contributed by atoms with Gasteiger partial charge in [0.15, 0.2) is 0 Å². The molecule has 1 atom stereocenters. The first kappa shape index (κ1) is 10.7. The summed E-state index contributed by atoms with van der Waals surface area (Å²) in [5.41, 5.74) is 5.98. The molecule has 14 heavy (non-hydrogen) atoms. The van der Waals surface area contributed by atoms with Gasteiger partial charge in [0.25, 0.3) is 0 Å². The molecule has 0 aliphatic carbocycles. The molecule has 0 fully saturated rings. The fourth-order valence-corrected chi connectivity index (χ4v) is 0.968. The number of carbonyl (C=O) groups is 1. The van der Waals surface area contributed by atoms with Gasteiger partial charge in [-0.05, 0) is 19.1 Å². The SMILES string of the molecule is CC(OCCc1ccccn1)C(N)=O. The highest BCUT2D eigenvalue weighted by atomic mass is 16.5. The molecule has 1 aromatic rings. The van der Waals surface area contributed by atoms with E-state index in [-0.39, 0.29) is 0 Å². The van der Waals surface area contributed by atoms with Crippen molar-refractivity contribution in [3.8, 4) is 0 Å². The summed E-state index contributed by atoms with van der Waals surface area (Å²) in [6.07, 6.45) is 1.89. The Morgan fingerprint density at radius 2 is 2.43 bits per heavy atom. The highest BCUT2D eigenvalue weighted by Crippen LogP contribution is 1.97. The van der Waals surface area contributed by atoms with E-state index < -0.39 is 12.0 Å². The van der Waals surface area contributed by atoms with Crippen LogP contribution in [0.3, 0.4) is 0 Å². The second kappa shape index (κ2) is 5.34. The summed E-state index contributed by atoms with van der Waals surface area (Å²) < 4.78 is 5.19. The second-order valence-electron chi connectivity index (χ2n) is 2.99. The molecule has 0 aromatic carbocycles. The lowest BCUT2D eigenvalue weighted by Crippen LogP contribution is -2.28. The van der Waals surface area contributed by atoms with E-state index >= 15 is 0 Å². The number of amides is 1. The summed E-state index contributed by atoms with van der Waals surface area (Å²) in [7, 11) is 0. The lowest BCUT2D eigenvalue weighted by atomic mass is 10.3. The van der Waals surface area contributed by atoms with Crippen molar-refractivity contribution < 1.29 is 9.53 Å². The summed E-state index contributed by atoms with van der Waals surface area (Å²) >= 11 is 0. The zero-order valence-electron chi connectivity index (χ0n) is 8.14. The maximum Gasteiger partial charge on any atom is 0.246 e. The van der Waals surface area contributed by atoms with Crippen molar-refractivity contribution in [3.05, 3.63) is 30.1 Å². The van der Waals surface area contributed by atoms with Gasteiger partial charge in [0.05, 0.1) is 6.61 Å². The first-order valence-corrected chi connectivity index (χ1v) is 4.51. The Bertz CT molecular complexity index is 287. The summed E-state index contributed by atoms with van der Waals surface area (Å²) in [6.45, 7) is 2.10. The number of nitrogens with two attached hydrogens (primary N) is 1. The van der Waals surface area contributed by atoms with Crippen LogP contribution in [0.25, 0.3) is 0 Å². The third kappa shape index (κ3) is 3.53. The molecule has 76 valence electrons. The molecule has 0 spiro atoms. The van der Waals surface area contributed by atoms with E-state index in [2.05, 4.69) is 4.98 Å². The van der Waals surface area contributed by atoms with Crippen LogP contribution in [0, 0.1) is 0 Å². The standard InChI is InChI=1S/C10H14N2O2/c1-8(10(11)13)14-7-5-9-4-2-3-6-12-9/h2-4,6,8H,5,7H2,1H3,(H2,11,13). The van der Waals surface area contributed by atoms with Crippen LogP contribution in [0.15, 0.2) is 24.4 Å². The summed E-state index contributed by atoms with van der Waals surface area (Å²) in [5.74, 6) is -0.439. The van der Waals surface area contributed by atoms with Crippen molar-refractivity contribution in [1.29, 1.82) is 0 Å². The van der Waals surface area contributed by atoms with Gasteiger partial charge < -0.3 is 10.5 Å². The van der Waals surface area contributed by atoms with Gasteiger partial charge in [0.2, 0.25) is 5.91 Å². The van der Waals surface area contributed by atoms with Crippen molar-refractivity contribution in [2.45, 2.75) is 19.4 Å². The zero-order chi connectivity index (χ0) is 10.4. The maximum atomic E-state index is 10.6. The van der Waals surface area contributed by atoms with Crippen molar-refractivity contribution in [2.24, 2.45) is 5.73 Å². The first-order valence-electron chi connectivity index (χ1n) is 4.51. The molecule has 0 radical (unpaired) electrons. The Balaban J connectivity index is 2.26. The average molecular weight is 194 g/mol. The van der Waals surface area contributed by atoms with E-state index in [4.69, 9.17) is 10.5 Å². The van der Waals surface area contributed by atoms with Crippen LogP contribution in [0.4, 0.5) is 0 Å². The third-order valence-corrected chi connectivity index (χ3v) is 1.85. The lowest BCUT2D eigenvalue weighted by Gasteiger charge is -2.08. The van der Waals surface area contributed by atoms with Crippen LogP contribution < -0.4 is 5.73 Å². The number of aromatic nitrogens is 1. The topological polar surface area (TPSA) is 65.2 Å². The van der Waals surface area contributed by atoms with E-state index in [0.29, 0.717) is 13.0 Å². The molecular weight excluding hydrogens is 180 g/mol. The molecule has 1 unspecified atom stereocenters. The number of hydrogen-bond donors (Lipinski definition) is 1. The quantitative estimate of drug-likeness (QED) is 0.743. The second-order valence-corrected chi connectivity index (χ2v) is 2.99. The molecule has 0 bridgehead atoms. The van der Waals surface area contributed by atoms with Crippen molar-refractivity contribution in [1.82, 2.24) is 4.98 Å². The van der Waals surface area contributed by atoms with Gasteiger partial charge in [0, 0.05) is 18.3 Å². The zero-order valence-corrected chi connectivity index (χ0v) is 8.14. The molecule has 1 heterocycles. The average Bonchev–Trinajstić information content (AvgIpc) is 2.19. The van der Waals surface area contributed by atoms with Gasteiger partial charge in [-0.1, -0.05) is 6.07 Å². The Morgan fingerprint density at radius 3 is 3.00 bits per heavy atom. The first-order chi connectivity index (χ1) is 6.70. The number of rotatable bonds is 5. The molecule has 0 aliphatic heterocycles. The van der Waals surface area contributed by atoms with E-state index in [1.54, 1.807) is 13.1 Å². The van der Waals surface area contributed by atoms with Crippen LogP contribution in [-0.2, 0) is 16.0 Å². The van der Waals surface area contributed by atoms with Crippen molar-refractivity contribution >= 4 is 5.91 Å². The van der Waals surface area contributed by atoms with Gasteiger partial charge in [-0.15, -0.1) is 0 Å². The molecule has 0 aliphatic rings. The Labute approximate surface area is 83.1 Å². The minimum absolute atomic E-state index is 0.439. The monoisotopic (exact) mass is 194 g/mol. The van der Waals surface area contributed by atoms with Crippen LogP contribution in [-0.4, -0.2) is 23.6 Å². The van der Waals surface area contributed by atoms with Gasteiger partial charge in [-0.2, -0.15) is 0 Å². The molecular formula is C10H14N2O2. The van der Waals surface area contributed by atoms with E-state index in [0.717, 1.165) is 5.69 Å². The highest BCUT2D eigenvalue weighted by Gasteiger charge is 2.07. The fourth-order valence-electron chi connectivity index (χ4n) is 0.968. The molecule has 1 aromatic heterocycles. The number of primary amides is 1. The fraction of sp³-hybridized carbons (Fsp3) is 0.400. The molecule has 1 rings (SSSR count). The number of ether oxygens (including phenoxy) is 1. The summed E-state index contributed by atoms with van der Waals surface area (Å²) in [5, 5.41) is 0. The van der Waals surface area contributed by atoms with Crippen LogP contribution >= 0.6 is 0 Å². The summed E-state index contributed by atoms with van der Waals surface area (Å²) in [6, 6.07) is 5.69. The third-order valence-electron chi connectivity index (χ3n) is 1.85. The minimum atomic E-state index is -0.529. The smallest absolute Gasteiger partial charge is 0.246 e. The van der Waals surface area contributed by atoms with E-state index in [1.165, 1.54) is 0 Å². The number of hydrogen-bond acceptors (Lipinski definition) is 3. The predicted octanol–water partition coefficient (Wildman–Crippen LogP) is 0.515.